The number of amides is 1. The highest BCUT2D eigenvalue weighted by atomic mass is 16.4. The third kappa shape index (κ3) is 10.2. The first kappa shape index (κ1) is 29.0. The van der Waals surface area contributed by atoms with Crippen molar-refractivity contribution in [2.45, 2.75) is 77.7 Å². The molecule has 196 valence electrons. The maximum atomic E-state index is 13.0. The van der Waals surface area contributed by atoms with Gasteiger partial charge in [-0.1, -0.05) is 43.2 Å². The zero-order chi connectivity index (χ0) is 26.5. The predicted octanol–water partition coefficient (Wildman–Crippen LogP) is 4.24. The van der Waals surface area contributed by atoms with E-state index in [1.165, 1.54) is 5.56 Å². The van der Waals surface area contributed by atoms with Crippen LogP contribution in [0.5, 0.6) is 5.75 Å². The fourth-order valence-electron chi connectivity index (χ4n) is 4.48. The molecule has 0 aliphatic rings. The summed E-state index contributed by atoms with van der Waals surface area (Å²) in [6.45, 7) is 4.28. The summed E-state index contributed by atoms with van der Waals surface area (Å²) in [5, 5.41) is 21.6. The number of ketones is 1. The zero-order valence-corrected chi connectivity index (χ0v) is 21.5. The Bertz CT molecular complexity index is 983. The third-order valence-corrected chi connectivity index (χ3v) is 6.56. The molecule has 0 radical (unpaired) electrons. The number of hydrogen-bond acceptors (Lipinski definition) is 5. The number of aryl methyl sites for hydroxylation is 3. The van der Waals surface area contributed by atoms with Crippen LogP contribution in [0.3, 0.4) is 0 Å². The number of Topliss-reactive ketones (excluding diaryl/α,β-unsaturated/α-hetero) is 1. The minimum absolute atomic E-state index is 0.0563. The second kappa shape index (κ2) is 15.0. The summed E-state index contributed by atoms with van der Waals surface area (Å²) in [5.41, 5.74) is 10.2. The van der Waals surface area contributed by atoms with Crippen LogP contribution in [0.15, 0.2) is 42.5 Å². The molecule has 36 heavy (non-hydrogen) atoms. The molecule has 7 heteroatoms. The lowest BCUT2D eigenvalue weighted by Crippen LogP contribution is -2.38. The molecular weight excluding hydrogens is 456 g/mol. The topological polar surface area (TPSA) is 130 Å². The molecule has 2 aromatic carbocycles. The smallest absolute Gasteiger partial charge is 0.303 e. The molecule has 0 fully saturated rings. The number of carboxylic acids is 1. The first-order chi connectivity index (χ1) is 17.2. The van der Waals surface area contributed by atoms with Crippen molar-refractivity contribution >= 4 is 17.7 Å². The molecule has 0 aliphatic heterocycles. The lowest BCUT2D eigenvalue weighted by atomic mass is 9.89. The zero-order valence-electron chi connectivity index (χ0n) is 21.5. The molecule has 0 spiro atoms. The van der Waals surface area contributed by atoms with Crippen LogP contribution in [-0.4, -0.2) is 40.5 Å². The molecule has 0 heterocycles. The first-order valence-corrected chi connectivity index (χ1v) is 12.8. The standard InChI is InChI=1S/C29H40N2O5/c1-20-16-24(32)17-21(2)25(20)19-26(30)27(33)18-23(13-7-4-8-14-28(34)35)29(36)31-15-9-12-22-10-5-3-6-11-22/h3,5-6,10-11,16-17,23,26,32H,4,7-9,12-15,18-19,30H2,1-2H3,(H,31,36)(H,34,35)/t23-,26-/m0/s1. The van der Waals surface area contributed by atoms with Crippen molar-refractivity contribution in [2.75, 3.05) is 6.54 Å². The van der Waals surface area contributed by atoms with Gasteiger partial charge in [-0.15, -0.1) is 0 Å². The molecule has 7 nitrogen and oxygen atoms in total. The number of carbonyl (C=O) groups excluding carboxylic acids is 2. The average molecular weight is 497 g/mol. The molecule has 2 rings (SSSR count). The molecule has 0 aliphatic carbocycles. The van der Waals surface area contributed by atoms with Gasteiger partial charge in [0.1, 0.15) is 5.75 Å². The number of rotatable bonds is 16. The predicted molar refractivity (Wildman–Crippen MR) is 141 cm³/mol. The highest BCUT2D eigenvalue weighted by Gasteiger charge is 2.25. The lowest BCUT2D eigenvalue weighted by molar-refractivity contribution is -0.137. The Hall–Kier alpha value is -3.19. The van der Waals surface area contributed by atoms with E-state index in [9.17, 15) is 19.5 Å². The summed E-state index contributed by atoms with van der Waals surface area (Å²) in [4.78, 5) is 36.7. The number of unbranched alkanes of at least 4 members (excludes halogenated alkanes) is 2. The summed E-state index contributed by atoms with van der Waals surface area (Å²) in [6, 6.07) is 12.6. The van der Waals surface area contributed by atoms with E-state index in [1.807, 2.05) is 32.0 Å². The number of aromatic hydroxyl groups is 1. The number of aliphatic carboxylic acids is 1. The number of carbonyl (C=O) groups is 3. The van der Waals surface area contributed by atoms with Crippen LogP contribution in [0.25, 0.3) is 0 Å². The lowest BCUT2D eigenvalue weighted by Gasteiger charge is -2.20. The monoisotopic (exact) mass is 496 g/mol. The Labute approximate surface area is 214 Å². The number of nitrogens with two attached hydrogens (primary N) is 1. The van der Waals surface area contributed by atoms with Gasteiger partial charge in [-0.3, -0.25) is 14.4 Å². The van der Waals surface area contributed by atoms with E-state index in [1.54, 1.807) is 12.1 Å². The van der Waals surface area contributed by atoms with Crippen molar-refractivity contribution in [3.05, 3.63) is 64.7 Å². The van der Waals surface area contributed by atoms with Gasteiger partial charge in [0.25, 0.3) is 0 Å². The van der Waals surface area contributed by atoms with Gasteiger partial charge in [0, 0.05) is 25.3 Å². The molecule has 1 amide bonds. The van der Waals surface area contributed by atoms with E-state index < -0.39 is 17.9 Å². The van der Waals surface area contributed by atoms with Crippen LogP contribution in [0.2, 0.25) is 0 Å². The van der Waals surface area contributed by atoms with Gasteiger partial charge in [0.2, 0.25) is 5.91 Å². The first-order valence-electron chi connectivity index (χ1n) is 12.8. The van der Waals surface area contributed by atoms with Crippen LogP contribution in [0, 0.1) is 19.8 Å². The maximum Gasteiger partial charge on any atom is 0.303 e. The molecule has 0 unspecified atom stereocenters. The second-order valence-corrected chi connectivity index (χ2v) is 9.61. The number of benzene rings is 2. The third-order valence-electron chi connectivity index (χ3n) is 6.56. The van der Waals surface area contributed by atoms with Crippen molar-refractivity contribution in [2.24, 2.45) is 11.7 Å². The SMILES string of the molecule is Cc1cc(O)cc(C)c1C[C@H](N)C(=O)C[C@H](CCCCCC(=O)O)C(=O)NCCCc1ccccc1. The Kier molecular flexibility index (Phi) is 12.1. The van der Waals surface area contributed by atoms with Crippen molar-refractivity contribution in [3.8, 4) is 5.75 Å². The molecule has 0 aromatic heterocycles. The van der Waals surface area contributed by atoms with E-state index in [-0.39, 0.29) is 30.3 Å². The summed E-state index contributed by atoms with van der Waals surface area (Å²) in [7, 11) is 0. The molecule has 0 saturated carbocycles. The van der Waals surface area contributed by atoms with Gasteiger partial charge >= 0.3 is 5.97 Å². The number of phenolic OH excluding ortho intramolecular Hbond substituents is 1. The number of carboxylic acid groups (broad SMARTS) is 1. The number of nitrogens with one attached hydrogen (secondary N) is 1. The van der Waals surface area contributed by atoms with Crippen LogP contribution >= 0.6 is 0 Å². The van der Waals surface area contributed by atoms with Gasteiger partial charge in [0.15, 0.2) is 5.78 Å². The minimum atomic E-state index is -0.830. The Balaban J connectivity index is 1.94. The van der Waals surface area contributed by atoms with Gasteiger partial charge in [-0.25, -0.2) is 0 Å². The Morgan fingerprint density at radius 1 is 0.972 bits per heavy atom. The molecule has 0 saturated heterocycles. The molecule has 2 atom stereocenters. The summed E-state index contributed by atoms with van der Waals surface area (Å²) in [5.74, 6) is -1.47. The van der Waals surface area contributed by atoms with Crippen LogP contribution < -0.4 is 11.1 Å². The molecule has 0 bridgehead atoms. The quantitative estimate of drug-likeness (QED) is 0.257. The number of hydrogen-bond donors (Lipinski definition) is 4. The van der Waals surface area contributed by atoms with Crippen LogP contribution in [0.4, 0.5) is 0 Å². The average Bonchev–Trinajstić information content (AvgIpc) is 2.83. The van der Waals surface area contributed by atoms with Gasteiger partial charge in [-0.2, -0.15) is 0 Å². The summed E-state index contributed by atoms with van der Waals surface area (Å²) < 4.78 is 0. The summed E-state index contributed by atoms with van der Waals surface area (Å²) >= 11 is 0. The van der Waals surface area contributed by atoms with Crippen LogP contribution in [0.1, 0.15) is 67.2 Å². The Morgan fingerprint density at radius 3 is 2.28 bits per heavy atom. The molecule has 5 N–H and O–H groups in total. The van der Waals surface area contributed by atoms with Crippen molar-refractivity contribution in [1.82, 2.24) is 5.32 Å². The fraction of sp³-hybridized carbons (Fsp3) is 0.483. The Morgan fingerprint density at radius 2 is 1.64 bits per heavy atom. The normalized spacial score (nSPS) is 12.6. The second-order valence-electron chi connectivity index (χ2n) is 9.61. The van der Waals surface area contributed by atoms with Gasteiger partial charge in [0.05, 0.1) is 6.04 Å². The van der Waals surface area contributed by atoms with Crippen molar-refractivity contribution < 1.29 is 24.6 Å². The maximum absolute atomic E-state index is 13.0. The van der Waals surface area contributed by atoms with E-state index >= 15 is 0 Å². The van der Waals surface area contributed by atoms with Crippen molar-refractivity contribution in [3.63, 3.8) is 0 Å². The van der Waals surface area contributed by atoms with Crippen LogP contribution in [-0.2, 0) is 27.2 Å². The van der Waals surface area contributed by atoms with Gasteiger partial charge < -0.3 is 21.3 Å². The molecular formula is C29H40N2O5. The van der Waals surface area contributed by atoms with E-state index in [4.69, 9.17) is 10.8 Å². The highest BCUT2D eigenvalue weighted by molar-refractivity contribution is 5.89. The highest BCUT2D eigenvalue weighted by Crippen LogP contribution is 2.23. The van der Waals surface area contributed by atoms with Gasteiger partial charge in [-0.05, 0) is 80.3 Å². The molecule has 2 aromatic rings. The fourth-order valence-corrected chi connectivity index (χ4v) is 4.48. The van der Waals surface area contributed by atoms with E-state index in [2.05, 4.69) is 17.4 Å². The number of phenols is 1. The largest absolute Gasteiger partial charge is 0.508 e. The minimum Gasteiger partial charge on any atom is -0.508 e. The van der Waals surface area contributed by atoms with E-state index in [0.29, 0.717) is 38.6 Å². The van der Waals surface area contributed by atoms with Crippen molar-refractivity contribution in [1.29, 1.82) is 0 Å². The summed E-state index contributed by atoms with van der Waals surface area (Å²) in [6.07, 6.45) is 4.59. The van der Waals surface area contributed by atoms with E-state index in [0.717, 1.165) is 29.5 Å².